The molecule has 0 rings (SSSR count). The monoisotopic (exact) mass is 403 g/mol. The Morgan fingerprint density at radius 3 is 2.52 bits per heavy atom. The van der Waals surface area contributed by atoms with E-state index in [-0.39, 0.29) is 17.4 Å². The zero-order chi connectivity index (χ0) is 20.5. The van der Waals surface area contributed by atoms with E-state index in [4.69, 9.17) is 4.74 Å². The normalized spacial score (nSPS) is 14.6. The topological polar surface area (TPSA) is 70.7 Å². The zero-order valence-corrected chi connectivity index (χ0v) is 18.8. The van der Waals surface area contributed by atoms with Crippen LogP contribution in [0.15, 0.2) is 0 Å². The molecular formula is C20H41N3O3S. The van der Waals surface area contributed by atoms with E-state index in [1.165, 1.54) is 24.6 Å². The Morgan fingerprint density at radius 2 is 1.89 bits per heavy atom. The van der Waals surface area contributed by atoms with Crippen molar-refractivity contribution in [2.24, 2.45) is 0 Å². The average molecular weight is 404 g/mol. The molecule has 0 fully saturated rings. The molecule has 0 heterocycles. The summed E-state index contributed by atoms with van der Waals surface area (Å²) in [4.78, 5) is 24.5. The lowest BCUT2D eigenvalue weighted by Crippen LogP contribution is -2.37. The fourth-order valence-electron chi connectivity index (χ4n) is 2.72. The van der Waals surface area contributed by atoms with Crippen LogP contribution in [0, 0.1) is 0 Å². The molecule has 3 atom stereocenters. The predicted molar refractivity (Wildman–Crippen MR) is 115 cm³/mol. The third-order valence-corrected chi connectivity index (χ3v) is 5.42. The van der Waals surface area contributed by atoms with E-state index in [9.17, 15) is 9.59 Å². The van der Waals surface area contributed by atoms with Gasteiger partial charge in [-0.3, -0.25) is 10.1 Å². The Bertz CT molecular complexity index is 385. The molecule has 6 nitrogen and oxygen atoms in total. The minimum atomic E-state index is -0.229. The summed E-state index contributed by atoms with van der Waals surface area (Å²) in [6, 6.07) is 0.572. The van der Waals surface area contributed by atoms with Crippen LogP contribution < -0.4 is 10.6 Å². The molecule has 0 aromatic carbocycles. The third kappa shape index (κ3) is 15.0. The third-order valence-electron chi connectivity index (χ3n) is 4.53. The van der Waals surface area contributed by atoms with Gasteiger partial charge in [0, 0.05) is 45.8 Å². The van der Waals surface area contributed by atoms with Crippen LogP contribution in [0.3, 0.4) is 0 Å². The first-order valence-electron chi connectivity index (χ1n) is 10.2. The number of unbranched alkanes of at least 4 members (excludes halogenated alkanes) is 2. The number of rotatable bonds is 18. The summed E-state index contributed by atoms with van der Waals surface area (Å²) >= 11 is 1.42. The van der Waals surface area contributed by atoms with Gasteiger partial charge in [0.2, 0.25) is 5.91 Å². The van der Waals surface area contributed by atoms with Gasteiger partial charge in [-0.25, -0.2) is 0 Å². The maximum absolute atomic E-state index is 12.0. The number of carbonyl (C=O) groups excluding carboxylic acids is 2. The first-order chi connectivity index (χ1) is 12.9. The van der Waals surface area contributed by atoms with Gasteiger partial charge in [-0.05, 0) is 45.8 Å². The van der Waals surface area contributed by atoms with Gasteiger partial charge in [-0.2, -0.15) is 11.8 Å². The van der Waals surface area contributed by atoms with E-state index in [0.717, 1.165) is 51.8 Å². The number of carbonyl (C=O) groups is 2. The van der Waals surface area contributed by atoms with Crippen molar-refractivity contribution in [3.63, 3.8) is 0 Å². The van der Waals surface area contributed by atoms with Crippen molar-refractivity contribution in [2.75, 3.05) is 39.5 Å². The molecule has 1 amide bonds. The highest BCUT2D eigenvalue weighted by molar-refractivity contribution is 7.99. The van der Waals surface area contributed by atoms with Crippen LogP contribution >= 0.6 is 11.8 Å². The van der Waals surface area contributed by atoms with Gasteiger partial charge in [-0.1, -0.05) is 13.3 Å². The summed E-state index contributed by atoms with van der Waals surface area (Å²) in [5, 5.41) is 6.63. The molecule has 0 aromatic heterocycles. The van der Waals surface area contributed by atoms with Crippen LogP contribution in [0.25, 0.3) is 0 Å². The zero-order valence-electron chi connectivity index (χ0n) is 18.0. The second kappa shape index (κ2) is 17.5. The molecule has 3 unspecified atom stereocenters. The summed E-state index contributed by atoms with van der Waals surface area (Å²) in [5.74, 6) is 0.0392. The highest BCUT2D eigenvalue weighted by Crippen LogP contribution is 2.10. The molecule has 7 heteroatoms. The molecule has 0 saturated heterocycles. The van der Waals surface area contributed by atoms with Gasteiger partial charge in [0.15, 0.2) is 0 Å². The van der Waals surface area contributed by atoms with E-state index in [1.807, 2.05) is 20.2 Å². The Hall–Kier alpha value is -0.630. The van der Waals surface area contributed by atoms with Gasteiger partial charge in [-0.15, -0.1) is 0 Å². The van der Waals surface area contributed by atoms with Gasteiger partial charge in [0.1, 0.15) is 12.5 Å². The van der Waals surface area contributed by atoms with Crippen molar-refractivity contribution >= 4 is 24.0 Å². The molecule has 0 aliphatic rings. The van der Waals surface area contributed by atoms with Crippen molar-refractivity contribution in [3.05, 3.63) is 0 Å². The Labute approximate surface area is 170 Å². The quantitative estimate of drug-likeness (QED) is 0.208. The second-order valence-electron chi connectivity index (χ2n) is 7.10. The van der Waals surface area contributed by atoms with E-state index >= 15 is 0 Å². The summed E-state index contributed by atoms with van der Waals surface area (Å²) in [5.41, 5.74) is 0. The minimum absolute atomic E-state index is 0.0392. The first-order valence-corrected chi connectivity index (χ1v) is 11.5. The number of hydrogen-bond donors (Lipinski definition) is 2. The van der Waals surface area contributed by atoms with Gasteiger partial charge in [0.05, 0.1) is 5.25 Å². The number of ether oxygens (including phenoxy) is 1. The number of hydrogen-bond acceptors (Lipinski definition) is 6. The van der Waals surface area contributed by atoms with Crippen molar-refractivity contribution in [2.45, 2.75) is 76.8 Å². The maximum Gasteiger partial charge on any atom is 0.223 e. The van der Waals surface area contributed by atoms with Gasteiger partial charge >= 0.3 is 0 Å². The lowest BCUT2D eigenvalue weighted by Gasteiger charge is -2.19. The second-order valence-corrected chi connectivity index (χ2v) is 8.18. The average Bonchev–Trinajstić information content (AvgIpc) is 2.65. The summed E-state index contributed by atoms with van der Waals surface area (Å²) < 4.78 is 5.77. The number of thioether (sulfide) groups is 1. The molecule has 0 saturated carbocycles. The molecule has 0 aromatic rings. The number of nitrogens with one attached hydrogen (secondary N) is 2. The minimum Gasteiger partial charge on any atom is -0.364 e. The van der Waals surface area contributed by atoms with Crippen LogP contribution in [0.1, 0.15) is 59.3 Å². The highest BCUT2D eigenvalue weighted by atomic mass is 32.2. The molecular weight excluding hydrogens is 362 g/mol. The molecule has 0 bridgehead atoms. The van der Waals surface area contributed by atoms with Crippen LogP contribution in [-0.4, -0.2) is 74.2 Å². The number of aldehydes is 1. The molecule has 27 heavy (non-hydrogen) atoms. The molecule has 2 N–H and O–H groups in total. The van der Waals surface area contributed by atoms with E-state index in [2.05, 4.69) is 24.5 Å². The van der Waals surface area contributed by atoms with E-state index in [0.29, 0.717) is 12.5 Å². The van der Waals surface area contributed by atoms with Crippen LogP contribution in [0.4, 0.5) is 0 Å². The molecule has 0 spiro atoms. The summed E-state index contributed by atoms with van der Waals surface area (Å²) in [6.07, 6.45) is 8.45. The molecule has 0 aliphatic carbocycles. The molecule has 0 aliphatic heterocycles. The lowest BCUT2D eigenvalue weighted by molar-refractivity contribution is -0.130. The fraction of sp³-hybridized carbons (Fsp3) is 0.900. The SMILES string of the molecule is CCCC(C)NCCNC(C)OCCCCCN(C)C(=O)CC(C=O)SC. The van der Waals surface area contributed by atoms with Crippen molar-refractivity contribution < 1.29 is 14.3 Å². The van der Waals surface area contributed by atoms with Gasteiger partial charge < -0.3 is 19.7 Å². The molecule has 0 radical (unpaired) electrons. The smallest absolute Gasteiger partial charge is 0.223 e. The largest absolute Gasteiger partial charge is 0.364 e. The van der Waals surface area contributed by atoms with Crippen LogP contribution in [0.5, 0.6) is 0 Å². The van der Waals surface area contributed by atoms with E-state index in [1.54, 1.807) is 4.90 Å². The first kappa shape index (κ1) is 26.4. The number of nitrogens with zero attached hydrogens (tertiary/aromatic N) is 1. The lowest BCUT2D eigenvalue weighted by atomic mass is 10.2. The van der Waals surface area contributed by atoms with Gasteiger partial charge in [0.25, 0.3) is 0 Å². The van der Waals surface area contributed by atoms with E-state index < -0.39 is 0 Å². The van der Waals surface area contributed by atoms with Crippen LogP contribution in [0.2, 0.25) is 0 Å². The highest BCUT2D eigenvalue weighted by Gasteiger charge is 2.15. The van der Waals surface area contributed by atoms with Crippen molar-refractivity contribution in [1.82, 2.24) is 15.5 Å². The predicted octanol–water partition coefficient (Wildman–Crippen LogP) is 2.67. The Morgan fingerprint density at radius 1 is 1.19 bits per heavy atom. The maximum atomic E-state index is 12.0. The van der Waals surface area contributed by atoms with Crippen molar-refractivity contribution in [1.29, 1.82) is 0 Å². The summed E-state index contributed by atoms with van der Waals surface area (Å²) in [6.45, 7) is 9.78. The Kier molecular flexibility index (Phi) is 17.1. The standard InChI is InChI=1S/C20H41N3O3S/c1-6-10-17(2)21-11-12-22-18(3)26-14-9-7-8-13-23(4)20(25)15-19(16-24)27-5/h16-19,21-22H,6-15H2,1-5H3. The summed E-state index contributed by atoms with van der Waals surface area (Å²) in [7, 11) is 1.81. The van der Waals surface area contributed by atoms with Crippen molar-refractivity contribution in [3.8, 4) is 0 Å². The number of amides is 1. The Balaban J connectivity index is 3.59. The van der Waals surface area contributed by atoms with Crippen LogP contribution in [-0.2, 0) is 14.3 Å². The fourth-order valence-corrected chi connectivity index (χ4v) is 3.14. The molecule has 160 valence electrons.